The van der Waals surface area contributed by atoms with Crippen molar-refractivity contribution in [2.45, 2.75) is 19.4 Å². The number of carbonyl (C=O) groups is 1. The molecule has 0 saturated heterocycles. The number of thioether (sulfide) groups is 1. The van der Waals surface area contributed by atoms with E-state index in [1.165, 1.54) is 5.56 Å². The molecule has 0 spiro atoms. The van der Waals surface area contributed by atoms with Crippen LogP contribution in [0, 0.1) is 5.92 Å². The van der Waals surface area contributed by atoms with Gasteiger partial charge in [-0.2, -0.15) is 11.8 Å². The molecule has 5 heteroatoms. The van der Waals surface area contributed by atoms with Gasteiger partial charge in [0.15, 0.2) is 0 Å². The number of rotatable bonds is 5. The molecule has 0 radical (unpaired) electrons. The van der Waals surface area contributed by atoms with Crippen molar-refractivity contribution in [2.75, 3.05) is 11.5 Å². The van der Waals surface area contributed by atoms with Crippen LogP contribution >= 0.6 is 27.7 Å². The molecule has 2 rings (SSSR count). The highest BCUT2D eigenvalue weighted by atomic mass is 79.9. The summed E-state index contributed by atoms with van der Waals surface area (Å²) in [6.45, 7) is 1.73. The molecule has 1 N–H and O–H groups in total. The molecule has 2 unspecified atom stereocenters. The number of aliphatic carboxylic acids is 1. The highest BCUT2D eigenvalue weighted by molar-refractivity contribution is 9.10. The van der Waals surface area contributed by atoms with Gasteiger partial charge in [-0.1, -0.05) is 22.9 Å². The van der Waals surface area contributed by atoms with Crippen molar-refractivity contribution in [3.05, 3.63) is 28.2 Å². The highest BCUT2D eigenvalue weighted by Crippen LogP contribution is 2.32. The molecular weight excluding hydrogens is 316 g/mol. The SMILES string of the molecule is CC(CSCC1Cc2cc(Br)ccc2O1)C(=O)O. The Labute approximate surface area is 119 Å². The number of fused-ring (bicyclic) bond motifs is 1. The van der Waals surface area contributed by atoms with Gasteiger partial charge in [0.1, 0.15) is 11.9 Å². The first-order valence-corrected chi connectivity index (χ1v) is 7.76. The number of hydrogen-bond donors (Lipinski definition) is 1. The molecule has 0 amide bonds. The van der Waals surface area contributed by atoms with Crippen LogP contribution in [0.25, 0.3) is 0 Å². The summed E-state index contributed by atoms with van der Waals surface area (Å²) in [7, 11) is 0. The Hall–Kier alpha value is -0.680. The summed E-state index contributed by atoms with van der Waals surface area (Å²) >= 11 is 5.09. The van der Waals surface area contributed by atoms with Crippen molar-refractivity contribution in [2.24, 2.45) is 5.92 Å². The van der Waals surface area contributed by atoms with Crippen molar-refractivity contribution < 1.29 is 14.6 Å². The average molecular weight is 331 g/mol. The zero-order valence-electron chi connectivity index (χ0n) is 10.1. The van der Waals surface area contributed by atoms with Gasteiger partial charge in [-0.25, -0.2) is 0 Å². The van der Waals surface area contributed by atoms with Crippen LogP contribution in [-0.4, -0.2) is 28.7 Å². The minimum absolute atomic E-state index is 0.167. The molecule has 18 heavy (non-hydrogen) atoms. The molecule has 1 heterocycles. The molecule has 1 aliphatic heterocycles. The summed E-state index contributed by atoms with van der Waals surface area (Å²) < 4.78 is 6.88. The van der Waals surface area contributed by atoms with Crippen LogP contribution in [-0.2, 0) is 11.2 Å². The third-order valence-electron chi connectivity index (χ3n) is 2.86. The van der Waals surface area contributed by atoms with E-state index in [1.807, 2.05) is 12.1 Å². The fraction of sp³-hybridized carbons (Fsp3) is 0.462. The number of hydrogen-bond acceptors (Lipinski definition) is 3. The molecule has 1 aromatic rings. The normalized spacial score (nSPS) is 19.1. The summed E-state index contributed by atoms with van der Waals surface area (Å²) in [4.78, 5) is 10.7. The van der Waals surface area contributed by atoms with E-state index in [0.717, 1.165) is 22.4 Å². The standard InChI is InChI=1S/C13H15BrO3S/c1-8(13(15)16)6-18-7-11-5-9-4-10(14)2-3-12(9)17-11/h2-4,8,11H,5-7H2,1H3,(H,15,16). The quantitative estimate of drug-likeness (QED) is 0.900. The second-order valence-corrected chi connectivity index (χ2v) is 6.46. The lowest BCUT2D eigenvalue weighted by molar-refractivity contribution is -0.140. The number of benzene rings is 1. The van der Waals surface area contributed by atoms with Crippen molar-refractivity contribution in [3.63, 3.8) is 0 Å². The first-order chi connectivity index (χ1) is 8.56. The second-order valence-electron chi connectivity index (χ2n) is 4.47. The van der Waals surface area contributed by atoms with Crippen molar-refractivity contribution in [3.8, 4) is 5.75 Å². The summed E-state index contributed by atoms with van der Waals surface area (Å²) in [5.41, 5.74) is 1.22. The molecule has 3 nitrogen and oxygen atoms in total. The van der Waals surface area contributed by atoms with E-state index in [1.54, 1.807) is 18.7 Å². The summed E-state index contributed by atoms with van der Waals surface area (Å²) in [5, 5.41) is 8.80. The lowest BCUT2D eigenvalue weighted by Gasteiger charge is -2.11. The van der Waals surface area contributed by atoms with Gasteiger partial charge in [-0.15, -0.1) is 0 Å². The molecule has 0 aliphatic carbocycles. The molecule has 1 aliphatic rings. The monoisotopic (exact) mass is 330 g/mol. The van der Waals surface area contributed by atoms with Gasteiger partial charge in [0.05, 0.1) is 5.92 Å². The Balaban J connectivity index is 1.80. The van der Waals surface area contributed by atoms with Gasteiger partial charge in [-0.05, 0) is 23.8 Å². The van der Waals surface area contributed by atoms with E-state index < -0.39 is 5.97 Å². The van der Waals surface area contributed by atoms with Crippen LogP contribution in [0.5, 0.6) is 5.75 Å². The highest BCUT2D eigenvalue weighted by Gasteiger charge is 2.23. The van der Waals surface area contributed by atoms with Crippen LogP contribution in [0.2, 0.25) is 0 Å². The van der Waals surface area contributed by atoms with Gasteiger partial charge in [-0.3, -0.25) is 4.79 Å². The van der Waals surface area contributed by atoms with Gasteiger partial charge >= 0.3 is 5.97 Å². The van der Waals surface area contributed by atoms with Gasteiger partial charge in [0.25, 0.3) is 0 Å². The molecule has 0 aromatic heterocycles. The number of carboxylic acids is 1. The third-order valence-corrected chi connectivity index (χ3v) is 4.69. The van der Waals surface area contributed by atoms with E-state index >= 15 is 0 Å². The summed E-state index contributed by atoms with van der Waals surface area (Å²) in [5.74, 6) is 1.39. The Morgan fingerprint density at radius 3 is 3.17 bits per heavy atom. The van der Waals surface area contributed by atoms with Crippen LogP contribution in [0.3, 0.4) is 0 Å². The maximum absolute atomic E-state index is 10.7. The Morgan fingerprint density at radius 2 is 2.44 bits per heavy atom. The summed E-state index contributed by atoms with van der Waals surface area (Å²) in [6, 6.07) is 6.03. The van der Waals surface area contributed by atoms with Crippen molar-refractivity contribution in [1.82, 2.24) is 0 Å². The Kier molecular flexibility index (Phi) is 4.56. The second kappa shape index (κ2) is 5.97. The minimum atomic E-state index is -0.734. The van der Waals surface area contributed by atoms with Gasteiger partial charge in [0.2, 0.25) is 0 Å². The molecule has 0 bridgehead atoms. The fourth-order valence-corrected chi connectivity index (χ4v) is 3.32. The molecule has 0 saturated carbocycles. The Morgan fingerprint density at radius 1 is 1.67 bits per heavy atom. The predicted molar refractivity (Wildman–Crippen MR) is 76.4 cm³/mol. The topological polar surface area (TPSA) is 46.5 Å². The summed E-state index contributed by atoms with van der Waals surface area (Å²) in [6.07, 6.45) is 1.07. The van der Waals surface area contributed by atoms with Gasteiger partial charge in [0, 0.05) is 22.4 Å². The lowest BCUT2D eigenvalue weighted by Crippen LogP contribution is -2.18. The Bertz CT molecular complexity index is 450. The number of halogens is 1. The van der Waals surface area contributed by atoms with E-state index in [2.05, 4.69) is 22.0 Å². The number of ether oxygens (including phenoxy) is 1. The number of carboxylic acid groups (broad SMARTS) is 1. The molecule has 2 atom stereocenters. The molecule has 1 aromatic carbocycles. The molecule has 0 fully saturated rings. The van der Waals surface area contributed by atoms with Crippen molar-refractivity contribution >= 4 is 33.7 Å². The van der Waals surface area contributed by atoms with Crippen LogP contribution in [0.1, 0.15) is 12.5 Å². The third kappa shape index (κ3) is 3.42. The first-order valence-electron chi connectivity index (χ1n) is 5.82. The lowest BCUT2D eigenvalue weighted by atomic mass is 10.1. The zero-order valence-corrected chi connectivity index (χ0v) is 12.5. The molecule has 98 valence electrons. The van der Waals surface area contributed by atoms with E-state index in [-0.39, 0.29) is 12.0 Å². The average Bonchev–Trinajstić information content (AvgIpc) is 2.70. The van der Waals surface area contributed by atoms with E-state index in [9.17, 15) is 4.79 Å². The molecular formula is C13H15BrO3S. The van der Waals surface area contributed by atoms with Crippen LogP contribution in [0.15, 0.2) is 22.7 Å². The largest absolute Gasteiger partial charge is 0.489 e. The minimum Gasteiger partial charge on any atom is -0.489 e. The van der Waals surface area contributed by atoms with E-state index in [0.29, 0.717) is 5.75 Å². The smallest absolute Gasteiger partial charge is 0.307 e. The van der Waals surface area contributed by atoms with E-state index in [4.69, 9.17) is 9.84 Å². The van der Waals surface area contributed by atoms with Crippen LogP contribution in [0.4, 0.5) is 0 Å². The fourth-order valence-electron chi connectivity index (χ4n) is 1.83. The van der Waals surface area contributed by atoms with Crippen LogP contribution < -0.4 is 4.74 Å². The van der Waals surface area contributed by atoms with Gasteiger partial charge < -0.3 is 9.84 Å². The maximum Gasteiger partial charge on any atom is 0.307 e. The predicted octanol–water partition coefficient (Wildman–Crippen LogP) is 3.21. The zero-order chi connectivity index (χ0) is 13.1. The first kappa shape index (κ1) is 13.7. The maximum atomic E-state index is 10.7. The van der Waals surface area contributed by atoms with Crippen molar-refractivity contribution in [1.29, 1.82) is 0 Å².